The van der Waals surface area contributed by atoms with Crippen molar-refractivity contribution in [2.75, 3.05) is 7.11 Å². The smallest absolute Gasteiger partial charge is 0.328 e. The fourth-order valence-electron chi connectivity index (χ4n) is 2.79. The number of amides is 1. The Morgan fingerprint density at radius 3 is 2.32 bits per heavy atom. The number of hydrogen-bond acceptors (Lipinski definition) is 6. The summed E-state index contributed by atoms with van der Waals surface area (Å²) in [6, 6.07) is -0.903. The summed E-state index contributed by atoms with van der Waals surface area (Å²) in [7, 11) is 1.41. The van der Waals surface area contributed by atoms with Gasteiger partial charge in [0.15, 0.2) is 5.78 Å². The number of carbonyl (C=O) groups is 3. The van der Waals surface area contributed by atoms with E-state index in [9.17, 15) is 14.4 Å². The van der Waals surface area contributed by atoms with Gasteiger partial charge in [-0.25, -0.2) is 4.79 Å². The molecule has 25 heavy (non-hydrogen) atoms. The third kappa shape index (κ3) is 8.25. The van der Waals surface area contributed by atoms with Gasteiger partial charge in [0.05, 0.1) is 6.21 Å². The summed E-state index contributed by atoms with van der Waals surface area (Å²) in [5.41, 5.74) is 0. The molecule has 0 aromatic carbocycles. The molecular weight excluding hydrogens is 324 g/mol. The minimum absolute atomic E-state index is 0.00950. The number of ether oxygens (including phenoxy) is 2. The number of methoxy groups -OCH3 is 1. The van der Waals surface area contributed by atoms with Crippen LogP contribution in [0.3, 0.4) is 0 Å². The molecule has 0 aliphatic heterocycles. The minimum atomic E-state index is -0.903. The monoisotopic (exact) mass is 354 g/mol. The molecule has 1 aliphatic carbocycles. The molecule has 1 rings (SSSR count). The minimum Gasteiger partial charge on any atom is -0.461 e. The molecule has 2 N–H and O–H groups in total. The Morgan fingerprint density at radius 1 is 1.16 bits per heavy atom. The average molecular weight is 354 g/mol. The fraction of sp³-hybridized carbons (Fsp3) is 0.778. The molecule has 1 fully saturated rings. The van der Waals surface area contributed by atoms with Crippen molar-refractivity contribution in [2.45, 2.75) is 83.0 Å². The quantitative estimate of drug-likeness (QED) is 0.487. The number of carbonyl (C=O) groups excluding carboxylic acids is 3. The second-order valence-electron chi connectivity index (χ2n) is 6.49. The first kappa shape index (κ1) is 21.3. The highest BCUT2D eigenvalue weighted by Crippen LogP contribution is 2.20. The molecule has 7 nitrogen and oxygen atoms in total. The van der Waals surface area contributed by atoms with Crippen molar-refractivity contribution in [1.29, 1.82) is 5.41 Å². The summed E-state index contributed by atoms with van der Waals surface area (Å²) in [4.78, 5) is 35.9. The van der Waals surface area contributed by atoms with Crippen LogP contribution in [0.4, 0.5) is 0 Å². The van der Waals surface area contributed by atoms with Crippen LogP contribution in [0, 0.1) is 5.41 Å². The molecule has 2 atom stereocenters. The van der Waals surface area contributed by atoms with Crippen molar-refractivity contribution in [3.05, 3.63) is 0 Å². The largest absolute Gasteiger partial charge is 0.461 e. The SMILES string of the molecule is CO[C@H](C)C(=O)N[C@@H](CCC(=O)C=N)C(=O)OC1CCCCCCC1. The van der Waals surface area contributed by atoms with Crippen LogP contribution >= 0.6 is 0 Å². The van der Waals surface area contributed by atoms with E-state index in [1.807, 2.05) is 0 Å². The molecule has 0 saturated heterocycles. The maximum Gasteiger partial charge on any atom is 0.328 e. The van der Waals surface area contributed by atoms with Crippen molar-refractivity contribution >= 4 is 23.9 Å². The normalized spacial score (nSPS) is 18.3. The third-order valence-corrected chi connectivity index (χ3v) is 4.50. The lowest BCUT2D eigenvalue weighted by Crippen LogP contribution is -2.47. The number of esters is 1. The molecule has 0 spiro atoms. The summed E-state index contributed by atoms with van der Waals surface area (Å²) in [6.07, 6.45) is 7.25. The molecule has 0 bridgehead atoms. The van der Waals surface area contributed by atoms with E-state index in [1.165, 1.54) is 13.5 Å². The van der Waals surface area contributed by atoms with Crippen LogP contribution < -0.4 is 5.32 Å². The van der Waals surface area contributed by atoms with Crippen LogP contribution in [0.2, 0.25) is 0 Å². The van der Waals surface area contributed by atoms with Crippen molar-refractivity contribution in [1.82, 2.24) is 5.32 Å². The topological polar surface area (TPSA) is 106 Å². The first-order chi connectivity index (χ1) is 12.0. The third-order valence-electron chi connectivity index (χ3n) is 4.50. The van der Waals surface area contributed by atoms with E-state index in [0.29, 0.717) is 0 Å². The number of Topliss-reactive ketones (excluding diaryl/α,β-unsaturated/α-hetero) is 1. The van der Waals surface area contributed by atoms with Gasteiger partial charge in [-0.05, 0) is 39.0 Å². The van der Waals surface area contributed by atoms with Crippen LogP contribution in [0.25, 0.3) is 0 Å². The van der Waals surface area contributed by atoms with Crippen LogP contribution in [-0.2, 0) is 23.9 Å². The van der Waals surface area contributed by atoms with E-state index in [2.05, 4.69) is 5.32 Å². The molecule has 0 unspecified atom stereocenters. The molecule has 0 radical (unpaired) electrons. The summed E-state index contributed by atoms with van der Waals surface area (Å²) in [6.45, 7) is 1.58. The average Bonchev–Trinajstić information content (AvgIpc) is 2.59. The van der Waals surface area contributed by atoms with Crippen LogP contribution in [-0.4, -0.2) is 49.2 Å². The number of hydrogen-bond donors (Lipinski definition) is 2. The predicted octanol–water partition coefficient (Wildman–Crippen LogP) is 2.16. The molecule has 1 amide bonds. The molecule has 0 aromatic heterocycles. The van der Waals surface area contributed by atoms with Crippen LogP contribution in [0.1, 0.15) is 64.7 Å². The van der Waals surface area contributed by atoms with Crippen molar-refractivity contribution < 1.29 is 23.9 Å². The Hall–Kier alpha value is -1.76. The van der Waals surface area contributed by atoms with E-state index < -0.39 is 29.8 Å². The summed E-state index contributed by atoms with van der Waals surface area (Å²) in [5, 5.41) is 9.55. The van der Waals surface area contributed by atoms with Gasteiger partial charge >= 0.3 is 5.97 Å². The lowest BCUT2D eigenvalue weighted by molar-refractivity contribution is -0.155. The highest BCUT2D eigenvalue weighted by atomic mass is 16.5. The summed E-state index contributed by atoms with van der Waals surface area (Å²) in [5.74, 6) is -1.33. The highest BCUT2D eigenvalue weighted by molar-refractivity contribution is 6.26. The Kier molecular flexibility index (Phi) is 9.99. The molecule has 0 aromatic rings. The molecule has 7 heteroatoms. The summed E-state index contributed by atoms with van der Waals surface area (Å²) >= 11 is 0. The maximum atomic E-state index is 12.5. The Morgan fingerprint density at radius 2 is 1.76 bits per heavy atom. The molecule has 0 heterocycles. The van der Waals surface area contributed by atoms with Gasteiger partial charge in [0.1, 0.15) is 18.2 Å². The van der Waals surface area contributed by atoms with E-state index in [-0.39, 0.29) is 18.9 Å². The van der Waals surface area contributed by atoms with Crippen LogP contribution in [0.15, 0.2) is 0 Å². The van der Waals surface area contributed by atoms with Gasteiger partial charge in [-0.3, -0.25) is 9.59 Å². The van der Waals surface area contributed by atoms with E-state index >= 15 is 0 Å². The van der Waals surface area contributed by atoms with E-state index in [0.717, 1.165) is 44.7 Å². The Balaban J connectivity index is 2.66. The van der Waals surface area contributed by atoms with E-state index in [1.54, 1.807) is 6.92 Å². The number of rotatable bonds is 9. The number of nitrogens with one attached hydrogen (secondary N) is 2. The zero-order valence-corrected chi connectivity index (χ0v) is 15.2. The Labute approximate surface area is 149 Å². The van der Waals surface area contributed by atoms with Gasteiger partial charge in [0.25, 0.3) is 0 Å². The van der Waals surface area contributed by atoms with Crippen molar-refractivity contribution in [3.63, 3.8) is 0 Å². The Bertz CT molecular complexity index is 458. The lowest BCUT2D eigenvalue weighted by atomic mass is 9.98. The first-order valence-electron chi connectivity index (χ1n) is 9.05. The van der Waals surface area contributed by atoms with Gasteiger partial charge in [-0.2, -0.15) is 0 Å². The number of ketones is 1. The van der Waals surface area contributed by atoms with Gasteiger partial charge < -0.3 is 20.2 Å². The van der Waals surface area contributed by atoms with Gasteiger partial charge in [0.2, 0.25) is 5.91 Å². The standard InChI is InChI=1S/C18H30N2O5/c1-13(24-2)17(22)20-16(11-10-14(21)12-19)18(23)25-15-8-6-4-3-5-7-9-15/h12-13,15-16,19H,3-11H2,1-2H3,(H,20,22)/t13-,16+/m1/s1. The van der Waals surface area contributed by atoms with Crippen molar-refractivity contribution in [3.8, 4) is 0 Å². The molecule has 1 aliphatic rings. The zero-order valence-electron chi connectivity index (χ0n) is 15.2. The second kappa shape index (κ2) is 11.7. The lowest BCUT2D eigenvalue weighted by Gasteiger charge is -2.24. The van der Waals surface area contributed by atoms with Gasteiger partial charge in [-0.1, -0.05) is 19.3 Å². The predicted molar refractivity (Wildman–Crippen MR) is 93.6 cm³/mol. The van der Waals surface area contributed by atoms with Crippen molar-refractivity contribution in [2.24, 2.45) is 0 Å². The maximum absolute atomic E-state index is 12.5. The highest BCUT2D eigenvalue weighted by Gasteiger charge is 2.27. The first-order valence-corrected chi connectivity index (χ1v) is 9.05. The van der Waals surface area contributed by atoms with Gasteiger partial charge in [0, 0.05) is 13.5 Å². The molecular formula is C18H30N2O5. The second-order valence-corrected chi connectivity index (χ2v) is 6.49. The molecule has 142 valence electrons. The van der Waals surface area contributed by atoms with Gasteiger partial charge in [-0.15, -0.1) is 0 Å². The van der Waals surface area contributed by atoms with Crippen LogP contribution in [0.5, 0.6) is 0 Å². The summed E-state index contributed by atoms with van der Waals surface area (Å²) < 4.78 is 10.6. The zero-order chi connectivity index (χ0) is 18.7. The fourth-order valence-corrected chi connectivity index (χ4v) is 2.79. The van der Waals surface area contributed by atoms with E-state index in [4.69, 9.17) is 14.9 Å². The molecule has 1 saturated carbocycles.